The molecule has 3 heterocycles. The van der Waals surface area contributed by atoms with Crippen LogP contribution in [0.2, 0.25) is 0 Å². The Bertz CT molecular complexity index is 898. The number of aromatic nitrogens is 4. The van der Waals surface area contributed by atoms with Crippen LogP contribution in [0, 0.1) is 6.92 Å². The molecule has 0 spiro atoms. The Morgan fingerprint density at radius 3 is 2.82 bits per heavy atom. The predicted octanol–water partition coefficient (Wildman–Crippen LogP) is 3.22. The molecule has 1 saturated carbocycles. The molecule has 0 saturated heterocycles. The molecular formula is C19H21N5O2SSn. The summed E-state index contributed by atoms with van der Waals surface area (Å²) < 4.78 is 9.46. The van der Waals surface area contributed by atoms with Gasteiger partial charge in [0.2, 0.25) is 0 Å². The van der Waals surface area contributed by atoms with Crippen molar-refractivity contribution in [3.8, 4) is 6.01 Å². The SMILES string of the molecule is Cc1cc(C2=[CH][Sn][C](=Nc3cnc(CO)cn3)S2)nc(OC2CCCCC2)n1. The maximum absolute atomic E-state index is 9.06. The van der Waals surface area contributed by atoms with Gasteiger partial charge in [0.1, 0.15) is 0 Å². The van der Waals surface area contributed by atoms with Crippen LogP contribution in [-0.2, 0) is 6.61 Å². The zero-order valence-corrected chi connectivity index (χ0v) is 19.3. The van der Waals surface area contributed by atoms with Crippen molar-refractivity contribution >= 4 is 46.7 Å². The second-order valence-corrected chi connectivity index (χ2v) is 11.8. The van der Waals surface area contributed by atoms with E-state index < -0.39 is 21.1 Å². The van der Waals surface area contributed by atoms with Gasteiger partial charge in [-0.1, -0.05) is 0 Å². The molecule has 1 aliphatic heterocycles. The van der Waals surface area contributed by atoms with Gasteiger partial charge in [0.25, 0.3) is 0 Å². The van der Waals surface area contributed by atoms with Crippen molar-refractivity contribution in [2.75, 3.05) is 0 Å². The first-order valence-corrected chi connectivity index (χ1v) is 13.3. The van der Waals surface area contributed by atoms with Gasteiger partial charge in [0, 0.05) is 0 Å². The van der Waals surface area contributed by atoms with E-state index in [1.807, 2.05) is 13.0 Å². The zero-order chi connectivity index (χ0) is 19.3. The van der Waals surface area contributed by atoms with Gasteiger partial charge in [-0.05, 0) is 0 Å². The van der Waals surface area contributed by atoms with E-state index in [2.05, 4.69) is 29.0 Å². The molecule has 0 unspecified atom stereocenters. The van der Waals surface area contributed by atoms with Crippen molar-refractivity contribution in [2.24, 2.45) is 4.99 Å². The molecule has 0 atom stereocenters. The fourth-order valence-corrected chi connectivity index (χ4v) is 8.19. The van der Waals surface area contributed by atoms with Crippen molar-refractivity contribution in [1.82, 2.24) is 19.9 Å². The van der Waals surface area contributed by atoms with Crippen LogP contribution in [0.5, 0.6) is 6.01 Å². The zero-order valence-electron chi connectivity index (χ0n) is 15.6. The second kappa shape index (κ2) is 9.32. The molecule has 7 nitrogen and oxygen atoms in total. The second-order valence-electron chi connectivity index (χ2n) is 6.75. The van der Waals surface area contributed by atoms with Crippen LogP contribution in [0.3, 0.4) is 0 Å². The Morgan fingerprint density at radius 2 is 2.07 bits per heavy atom. The minimum atomic E-state index is -0.910. The number of aryl methyl sites for hydroxylation is 1. The summed E-state index contributed by atoms with van der Waals surface area (Å²) in [6, 6.07) is 2.50. The van der Waals surface area contributed by atoms with Crippen LogP contribution < -0.4 is 4.74 Å². The van der Waals surface area contributed by atoms with Crippen molar-refractivity contribution in [2.45, 2.75) is 51.7 Å². The van der Waals surface area contributed by atoms with Crippen molar-refractivity contribution < 1.29 is 9.84 Å². The van der Waals surface area contributed by atoms with E-state index in [4.69, 9.17) is 9.84 Å². The van der Waals surface area contributed by atoms with E-state index in [1.165, 1.54) is 19.3 Å². The third-order valence-electron chi connectivity index (χ3n) is 4.51. The molecule has 2 aromatic heterocycles. The summed E-state index contributed by atoms with van der Waals surface area (Å²) in [7, 11) is 0. The summed E-state index contributed by atoms with van der Waals surface area (Å²) in [5.74, 6) is 0.579. The average Bonchev–Trinajstić information content (AvgIpc) is 3.17. The van der Waals surface area contributed by atoms with E-state index in [-0.39, 0.29) is 12.7 Å². The van der Waals surface area contributed by atoms with Crippen LogP contribution in [-0.4, -0.2) is 55.3 Å². The first-order chi connectivity index (χ1) is 13.7. The normalized spacial score (nSPS) is 19.1. The van der Waals surface area contributed by atoms with E-state index in [9.17, 15) is 0 Å². The molecule has 0 amide bonds. The number of rotatable bonds is 5. The van der Waals surface area contributed by atoms with Gasteiger partial charge >= 0.3 is 179 Å². The van der Waals surface area contributed by atoms with Gasteiger partial charge in [0.15, 0.2) is 0 Å². The average molecular weight is 502 g/mol. The predicted molar refractivity (Wildman–Crippen MR) is 111 cm³/mol. The Balaban J connectivity index is 1.46. The molecule has 0 aromatic carbocycles. The van der Waals surface area contributed by atoms with Crippen LogP contribution in [0.4, 0.5) is 5.82 Å². The molecule has 9 heteroatoms. The molecule has 2 radical (unpaired) electrons. The van der Waals surface area contributed by atoms with Gasteiger partial charge in [-0.3, -0.25) is 0 Å². The first kappa shape index (κ1) is 19.8. The van der Waals surface area contributed by atoms with Crippen LogP contribution in [0.25, 0.3) is 4.91 Å². The van der Waals surface area contributed by atoms with Crippen molar-refractivity contribution in [3.63, 3.8) is 0 Å². The first-order valence-electron chi connectivity index (χ1n) is 9.37. The summed E-state index contributed by atoms with van der Waals surface area (Å²) >= 11 is 0.746. The molecule has 2 aliphatic rings. The molecule has 28 heavy (non-hydrogen) atoms. The third kappa shape index (κ3) is 5.09. The molecule has 1 fully saturated rings. The monoisotopic (exact) mass is 503 g/mol. The maximum atomic E-state index is 9.06. The quantitative estimate of drug-likeness (QED) is 0.628. The number of hydrogen-bond donors (Lipinski definition) is 1. The van der Waals surface area contributed by atoms with E-state index >= 15 is 0 Å². The fraction of sp³-hybridized carbons (Fsp3) is 0.421. The number of aliphatic hydroxyl groups excluding tert-OH is 1. The van der Waals surface area contributed by atoms with Gasteiger partial charge in [0.05, 0.1) is 0 Å². The third-order valence-corrected chi connectivity index (χ3v) is 9.87. The van der Waals surface area contributed by atoms with Crippen LogP contribution in [0.15, 0.2) is 27.5 Å². The summed E-state index contributed by atoms with van der Waals surface area (Å²) in [5, 5.41) is 9.06. The molecule has 4 rings (SSSR count). The molecule has 2 aromatic rings. The van der Waals surface area contributed by atoms with Crippen molar-refractivity contribution in [3.05, 3.63) is 39.6 Å². The number of aliphatic hydroxyl groups is 1. The standard InChI is InChI=1S/C19H21N5O2S.Sn/c1-13-8-17(24-19(23-13)26-16-6-4-3-5-7-16)14(2)27-12-22-18-10-20-15(11-25)9-21-18;/h2,8-10,16,25H,3-7,11H2,1H3;. The Morgan fingerprint density at radius 1 is 1.21 bits per heavy atom. The van der Waals surface area contributed by atoms with E-state index in [1.54, 1.807) is 24.2 Å². The number of thioether (sulfide) groups is 1. The van der Waals surface area contributed by atoms with Crippen LogP contribution in [0.1, 0.15) is 49.2 Å². The summed E-state index contributed by atoms with van der Waals surface area (Å²) in [5.41, 5.74) is 2.37. The topological polar surface area (TPSA) is 93.4 Å². The number of ether oxygens (including phenoxy) is 1. The minimum absolute atomic E-state index is 0.112. The van der Waals surface area contributed by atoms with Crippen LogP contribution >= 0.6 is 11.8 Å². The molecule has 144 valence electrons. The Hall–Kier alpha value is -1.52. The molecular weight excluding hydrogens is 481 g/mol. The van der Waals surface area contributed by atoms with Gasteiger partial charge in [-0.15, -0.1) is 0 Å². The van der Waals surface area contributed by atoms with E-state index in [0.717, 1.165) is 32.2 Å². The number of hydrogen-bond acceptors (Lipinski definition) is 8. The van der Waals surface area contributed by atoms with E-state index in [0.29, 0.717) is 17.5 Å². The number of nitrogens with zero attached hydrogens (tertiary/aromatic N) is 5. The Labute approximate surface area is 178 Å². The van der Waals surface area contributed by atoms with Gasteiger partial charge in [-0.2, -0.15) is 0 Å². The summed E-state index contributed by atoms with van der Waals surface area (Å²) in [6.45, 7) is 1.87. The Kier molecular flexibility index (Phi) is 6.58. The molecule has 0 bridgehead atoms. The van der Waals surface area contributed by atoms with Gasteiger partial charge < -0.3 is 0 Å². The summed E-state index contributed by atoms with van der Waals surface area (Å²) in [4.78, 5) is 23.3. The van der Waals surface area contributed by atoms with Crippen molar-refractivity contribution in [1.29, 1.82) is 0 Å². The van der Waals surface area contributed by atoms with Gasteiger partial charge in [-0.25, -0.2) is 0 Å². The molecule has 1 aliphatic carbocycles. The number of aliphatic imine (C=N–C) groups is 1. The molecule has 1 N–H and O–H groups in total. The summed E-state index contributed by atoms with van der Waals surface area (Å²) in [6.07, 6.45) is 9.31. The fourth-order valence-electron chi connectivity index (χ4n) is 3.12.